The number of rotatable bonds is 14. The van der Waals surface area contributed by atoms with Gasteiger partial charge in [-0.1, -0.05) is 19.1 Å². The monoisotopic (exact) mass is 513 g/mol. The number of ketones is 1. The number of carbonyl (C=O) groups is 5. The molecule has 2 aromatic carbocycles. The summed E-state index contributed by atoms with van der Waals surface area (Å²) < 4.78 is 15.6. The van der Waals surface area contributed by atoms with Crippen molar-refractivity contribution in [2.75, 3.05) is 13.2 Å². The second kappa shape index (κ2) is 13.8. The molecule has 0 radical (unpaired) electrons. The van der Waals surface area contributed by atoms with E-state index in [1.54, 1.807) is 55.5 Å². The van der Waals surface area contributed by atoms with Crippen molar-refractivity contribution in [2.24, 2.45) is 0 Å². The highest BCUT2D eigenvalue weighted by molar-refractivity contribution is 6.07. The lowest BCUT2D eigenvalue weighted by Gasteiger charge is -2.27. The number of hydrogen-bond donors (Lipinski definition) is 2. The summed E-state index contributed by atoms with van der Waals surface area (Å²) in [4.78, 5) is 59.5. The zero-order valence-corrected chi connectivity index (χ0v) is 21.1. The van der Waals surface area contributed by atoms with Crippen molar-refractivity contribution in [3.63, 3.8) is 0 Å². The Balaban J connectivity index is 2.01. The molecule has 0 aliphatic heterocycles. The van der Waals surface area contributed by atoms with Crippen LogP contribution in [0.3, 0.4) is 0 Å². The number of carboxylic acid groups (broad SMARTS) is 1. The van der Waals surface area contributed by atoms with Crippen molar-refractivity contribution in [3.8, 4) is 11.5 Å². The molecule has 10 nitrogen and oxygen atoms in total. The van der Waals surface area contributed by atoms with E-state index in [1.165, 1.54) is 0 Å². The second-order valence-electron chi connectivity index (χ2n) is 8.22. The molecular weight excluding hydrogens is 482 g/mol. The van der Waals surface area contributed by atoms with E-state index in [4.69, 9.17) is 14.2 Å². The third-order valence-corrected chi connectivity index (χ3v) is 5.32. The number of amides is 1. The molecule has 198 valence electrons. The molecule has 37 heavy (non-hydrogen) atoms. The Labute approximate surface area is 214 Å². The number of nitrogens with one attached hydrogen (secondary N) is 1. The lowest BCUT2D eigenvalue weighted by atomic mass is 9.91. The van der Waals surface area contributed by atoms with Gasteiger partial charge in [0.15, 0.2) is 12.4 Å². The van der Waals surface area contributed by atoms with Gasteiger partial charge in [0, 0.05) is 18.9 Å². The molecule has 0 bridgehead atoms. The summed E-state index contributed by atoms with van der Waals surface area (Å²) in [6, 6.07) is 13.1. The normalized spacial score (nSPS) is 12.1. The maximum atomic E-state index is 12.4. The standard InChI is InChI=1S/C27H31NO9/c1-4-6-24(31)36-17-23(30)20-9-13-22(14-10-20)37-21-11-7-19(8-12-21)15-16-27(25(32)33,28-18(3)29)26(34)35-5-2/h7-14H,4-6,15-17H2,1-3H3,(H,28,29)(H,32,33). The Hall–Kier alpha value is -4.21. The van der Waals surface area contributed by atoms with Crippen LogP contribution in [0, 0.1) is 0 Å². The quantitative estimate of drug-likeness (QED) is 0.220. The molecule has 2 N–H and O–H groups in total. The summed E-state index contributed by atoms with van der Waals surface area (Å²) in [5.74, 6) is -2.95. The highest BCUT2D eigenvalue weighted by Crippen LogP contribution is 2.24. The number of aryl methyl sites for hydroxylation is 1. The van der Waals surface area contributed by atoms with Crippen molar-refractivity contribution >= 4 is 29.6 Å². The Morgan fingerprint density at radius 1 is 0.892 bits per heavy atom. The van der Waals surface area contributed by atoms with Crippen molar-refractivity contribution < 1.29 is 43.3 Å². The van der Waals surface area contributed by atoms with Crippen LogP contribution in [-0.2, 0) is 35.1 Å². The lowest BCUT2D eigenvalue weighted by Crippen LogP contribution is -2.60. The van der Waals surface area contributed by atoms with Gasteiger partial charge in [0.05, 0.1) is 6.61 Å². The van der Waals surface area contributed by atoms with E-state index in [2.05, 4.69) is 5.32 Å². The van der Waals surface area contributed by atoms with Crippen LogP contribution in [0.15, 0.2) is 48.5 Å². The molecule has 1 unspecified atom stereocenters. The summed E-state index contributed by atoms with van der Waals surface area (Å²) in [6.07, 6.45) is 0.878. The molecule has 0 aliphatic rings. The molecule has 2 aromatic rings. The van der Waals surface area contributed by atoms with Gasteiger partial charge in [0.25, 0.3) is 0 Å². The SMILES string of the molecule is CCCC(=O)OCC(=O)c1ccc(Oc2ccc(CCC(NC(C)=O)(C(=O)O)C(=O)OCC)cc2)cc1. The summed E-state index contributed by atoms with van der Waals surface area (Å²) >= 11 is 0. The van der Waals surface area contributed by atoms with Gasteiger partial charge in [-0.05, 0) is 68.1 Å². The molecule has 2 rings (SSSR count). The molecule has 0 aromatic heterocycles. The molecule has 0 fully saturated rings. The second-order valence-corrected chi connectivity index (χ2v) is 8.22. The Bertz CT molecular complexity index is 1110. The third-order valence-electron chi connectivity index (χ3n) is 5.32. The molecule has 1 atom stereocenters. The maximum absolute atomic E-state index is 12.4. The third kappa shape index (κ3) is 8.45. The number of ether oxygens (including phenoxy) is 3. The molecule has 0 spiro atoms. The van der Waals surface area contributed by atoms with Gasteiger partial charge in [0.1, 0.15) is 11.5 Å². The van der Waals surface area contributed by atoms with E-state index in [0.29, 0.717) is 29.0 Å². The van der Waals surface area contributed by atoms with Crippen LogP contribution in [0.2, 0.25) is 0 Å². The van der Waals surface area contributed by atoms with Crippen molar-refractivity contribution in [1.29, 1.82) is 0 Å². The van der Waals surface area contributed by atoms with Gasteiger partial charge in [-0.15, -0.1) is 0 Å². The van der Waals surface area contributed by atoms with Crippen LogP contribution in [0.4, 0.5) is 0 Å². The van der Waals surface area contributed by atoms with Gasteiger partial charge in [-0.3, -0.25) is 14.4 Å². The lowest BCUT2D eigenvalue weighted by molar-refractivity contribution is -0.165. The highest BCUT2D eigenvalue weighted by atomic mass is 16.5. The first kappa shape index (κ1) is 29.0. The number of carbonyl (C=O) groups excluding carboxylic acids is 4. The van der Waals surface area contributed by atoms with Crippen LogP contribution in [-0.4, -0.2) is 53.5 Å². The zero-order valence-electron chi connectivity index (χ0n) is 21.1. The molecule has 1 amide bonds. The molecular formula is C27H31NO9. The smallest absolute Gasteiger partial charge is 0.343 e. The van der Waals surface area contributed by atoms with Gasteiger partial charge in [-0.25, -0.2) is 9.59 Å². The fraction of sp³-hybridized carbons (Fsp3) is 0.370. The topological polar surface area (TPSA) is 145 Å². The van der Waals surface area contributed by atoms with Gasteiger partial charge < -0.3 is 24.6 Å². The van der Waals surface area contributed by atoms with Crippen molar-refractivity contribution in [3.05, 3.63) is 59.7 Å². The number of benzene rings is 2. The predicted octanol–water partition coefficient (Wildman–Crippen LogP) is 3.46. The molecule has 0 heterocycles. The predicted molar refractivity (Wildman–Crippen MR) is 132 cm³/mol. The van der Waals surface area contributed by atoms with E-state index in [9.17, 15) is 29.1 Å². The van der Waals surface area contributed by atoms with E-state index in [0.717, 1.165) is 6.92 Å². The van der Waals surface area contributed by atoms with E-state index in [-0.39, 0.29) is 38.3 Å². The first-order valence-corrected chi connectivity index (χ1v) is 11.9. The summed E-state index contributed by atoms with van der Waals surface area (Å²) in [7, 11) is 0. The summed E-state index contributed by atoms with van der Waals surface area (Å²) in [6.45, 7) is 4.18. The van der Waals surface area contributed by atoms with Crippen LogP contribution in [0.5, 0.6) is 11.5 Å². The largest absolute Gasteiger partial charge is 0.479 e. The fourth-order valence-electron chi connectivity index (χ4n) is 3.42. The minimum atomic E-state index is -2.19. The van der Waals surface area contributed by atoms with Crippen molar-refractivity contribution in [2.45, 2.75) is 52.0 Å². The zero-order chi connectivity index (χ0) is 27.4. The highest BCUT2D eigenvalue weighted by Gasteiger charge is 2.48. The van der Waals surface area contributed by atoms with Crippen LogP contribution in [0.1, 0.15) is 56.0 Å². The summed E-state index contributed by atoms with van der Waals surface area (Å²) in [5.41, 5.74) is -1.09. The van der Waals surface area contributed by atoms with E-state index < -0.39 is 29.4 Å². The molecule has 0 saturated carbocycles. The van der Waals surface area contributed by atoms with Crippen molar-refractivity contribution in [1.82, 2.24) is 5.32 Å². The average Bonchev–Trinajstić information content (AvgIpc) is 2.86. The van der Waals surface area contributed by atoms with E-state index >= 15 is 0 Å². The molecule has 10 heteroatoms. The Morgan fingerprint density at radius 3 is 2.00 bits per heavy atom. The Kier molecular flexibility index (Phi) is 10.8. The number of esters is 2. The summed E-state index contributed by atoms with van der Waals surface area (Å²) in [5, 5.41) is 11.9. The number of hydrogen-bond acceptors (Lipinski definition) is 8. The van der Waals surface area contributed by atoms with Crippen LogP contribution < -0.4 is 10.1 Å². The van der Waals surface area contributed by atoms with Gasteiger partial charge in [0.2, 0.25) is 11.4 Å². The number of Topliss-reactive ketones (excluding diaryl/α,β-unsaturated/α-hetero) is 1. The minimum absolute atomic E-state index is 0.0268. The fourth-order valence-corrected chi connectivity index (χ4v) is 3.42. The van der Waals surface area contributed by atoms with Gasteiger partial charge in [-0.2, -0.15) is 0 Å². The average molecular weight is 514 g/mol. The van der Waals surface area contributed by atoms with E-state index in [1.807, 2.05) is 6.92 Å². The molecule has 0 saturated heterocycles. The van der Waals surface area contributed by atoms with Gasteiger partial charge >= 0.3 is 17.9 Å². The first-order chi connectivity index (χ1) is 17.6. The maximum Gasteiger partial charge on any atom is 0.343 e. The minimum Gasteiger partial charge on any atom is -0.479 e. The first-order valence-electron chi connectivity index (χ1n) is 11.9. The number of carboxylic acids is 1. The molecule has 0 aliphatic carbocycles. The van der Waals surface area contributed by atoms with Crippen LogP contribution >= 0.6 is 0 Å². The number of aliphatic carboxylic acids is 1. The van der Waals surface area contributed by atoms with Crippen LogP contribution in [0.25, 0.3) is 0 Å². The Morgan fingerprint density at radius 2 is 1.49 bits per heavy atom.